The highest BCUT2D eigenvalue weighted by Crippen LogP contribution is 2.26. The summed E-state index contributed by atoms with van der Waals surface area (Å²) in [6, 6.07) is 7.77. The Kier molecular flexibility index (Phi) is 5.50. The highest BCUT2D eigenvalue weighted by molar-refractivity contribution is 6.30. The lowest BCUT2D eigenvalue weighted by atomic mass is 10.2. The molecule has 1 aliphatic heterocycles. The molecule has 8 heteroatoms. The van der Waals surface area contributed by atoms with Crippen molar-refractivity contribution in [3.63, 3.8) is 0 Å². The molecule has 0 aliphatic carbocycles. The number of halogens is 1. The molecular weight excluding hydrogens is 390 g/mol. The fourth-order valence-electron chi connectivity index (χ4n) is 4.06. The highest BCUT2D eigenvalue weighted by atomic mass is 35.5. The van der Waals surface area contributed by atoms with Gasteiger partial charge in [0.05, 0.1) is 0 Å². The molecule has 0 N–H and O–H groups in total. The second-order valence-corrected chi connectivity index (χ2v) is 7.96. The van der Waals surface area contributed by atoms with Crippen LogP contribution >= 0.6 is 11.6 Å². The third-order valence-electron chi connectivity index (χ3n) is 5.37. The maximum atomic E-state index is 13.2. The van der Waals surface area contributed by atoms with Crippen molar-refractivity contribution in [1.82, 2.24) is 18.7 Å². The predicted molar refractivity (Wildman–Crippen MR) is 116 cm³/mol. The normalized spacial score (nSPS) is 13.8. The summed E-state index contributed by atoms with van der Waals surface area (Å²) in [5.74, 6) is 0.761. The van der Waals surface area contributed by atoms with E-state index >= 15 is 0 Å². The molecule has 0 spiro atoms. The molecule has 29 heavy (non-hydrogen) atoms. The number of hydrogen-bond donors (Lipinski definition) is 0. The number of benzene rings is 1. The van der Waals surface area contributed by atoms with E-state index in [1.165, 1.54) is 4.57 Å². The van der Waals surface area contributed by atoms with Crippen molar-refractivity contribution < 1.29 is 0 Å². The Morgan fingerprint density at radius 3 is 2.38 bits per heavy atom. The third-order valence-corrected chi connectivity index (χ3v) is 5.62. The van der Waals surface area contributed by atoms with Gasteiger partial charge in [-0.25, -0.2) is 4.79 Å². The van der Waals surface area contributed by atoms with Crippen molar-refractivity contribution in [2.24, 2.45) is 0 Å². The van der Waals surface area contributed by atoms with Gasteiger partial charge in [-0.15, -0.1) is 0 Å². The van der Waals surface area contributed by atoms with Crippen molar-refractivity contribution in [3.8, 4) is 0 Å². The summed E-state index contributed by atoms with van der Waals surface area (Å²) in [5.41, 5.74) is 1.69. The second-order valence-electron chi connectivity index (χ2n) is 7.53. The minimum Gasteiger partial charge on any atom is -0.338 e. The molecule has 2 aromatic heterocycles. The van der Waals surface area contributed by atoms with Crippen LogP contribution in [0.15, 0.2) is 33.9 Å². The quantitative estimate of drug-likeness (QED) is 0.620. The van der Waals surface area contributed by atoms with Crippen LogP contribution in [0.4, 0.5) is 5.95 Å². The van der Waals surface area contributed by atoms with Crippen LogP contribution in [0.1, 0.15) is 38.7 Å². The third kappa shape index (κ3) is 3.48. The number of rotatable bonds is 6. The van der Waals surface area contributed by atoms with Crippen LogP contribution in [-0.4, -0.2) is 25.2 Å². The van der Waals surface area contributed by atoms with E-state index in [2.05, 4.69) is 4.90 Å². The van der Waals surface area contributed by atoms with Gasteiger partial charge in [0.2, 0.25) is 5.95 Å². The summed E-state index contributed by atoms with van der Waals surface area (Å²) in [4.78, 5) is 33.1. The van der Waals surface area contributed by atoms with Crippen LogP contribution in [-0.2, 0) is 26.2 Å². The van der Waals surface area contributed by atoms with Gasteiger partial charge in [-0.2, -0.15) is 4.98 Å². The van der Waals surface area contributed by atoms with Crippen molar-refractivity contribution in [2.75, 3.05) is 11.4 Å². The Hall–Kier alpha value is -2.54. The molecule has 0 amide bonds. The number of imidazole rings is 1. The molecule has 3 heterocycles. The number of anilines is 1. The molecule has 3 aromatic rings. The van der Waals surface area contributed by atoms with Crippen molar-refractivity contribution in [1.29, 1.82) is 0 Å². The van der Waals surface area contributed by atoms with Gasteiger partial charge in [-0.05, 0) is 37.0 Å². The number of fused-ring (bicyclic) bond motifs is 3. The fourth-order valence-corrected chi connectivity index (χ4v) is 4.18. The van der Waals surface area contributed by atoms with E-state index in [0.29, 0.717) is 35.8 Å². The smallest absolute Gasteiger partial charge is 0.332 e. The SMILES string of the molecule is CCCn1c(=O)c2c(nc3n2CCCN3Cc2ccc(Cl)cc2)n(CCC)c1=O. The molecule has 0 unspecified atom stereocenters. The zero-order valence-corrected chi connectivity index (χ0v) is 17.7. The van der Waals surface area contributed by atoms with Gasteiger partial charge in [-0.1, -0.05) is 37.6 Å². The summed E-state index contributed by atoms with van der Waals surface area (Å²) in [6.07, 6.45) is 2.46. The van der Waals surface area contributed by atoms with Crippen LogP contribution in [0.3, 0.4) is 0 Å². The molecule has 0 saturated carbocycles. The summed E-state index contributed by atoms with van der Waals surface area (Å²) in [6.45, 7) is 7.24. The zero-order chi connectivity index (χ0) is 20.5. The molecule has 7 nitrogen and oxygen atoms in total. The van der Waals surface area contributed by atoms with E-state index in [4.69, 9.17) is 16.6 Å². The van der Waals surface area contributed by atoms with E-state index in [1.807, 2.05) is 42.7 Å². The Morgan fingerprint density at radius 2 is 1.69 bits per heavy atom. The van der Waals surface area contributed by atoms with E-state index < -0.39 is 0 Å². The van der Waals surface area contributed by atoms with E-state index in [1.54, 1.807) is 4.57 Å². The molecule has 4 rings (SSSR count). The van der Waals surface area contributed by atoms with Crippen LogP contribution in [0.25, 0.3) is 11.2 Å². The largest absolute Gasteiger partial charge is 0.338 e. The van der Waals surface area contributed by atoms with Gasteiger partial charge in [0, 0.05) is 37.7 Å². The fraction of sp³-hybridized carbons (Fsp3) is 0.476. The monoisotopic (exact) mass is 415 g/mol. The first kappa shape index (κ1) is 19.8. The Balaban J connectivity index is 1.88. The molecular formula is C21H26ClN5O2. The van der Waals surface area contributed by atoms with Gasteiger partial charge < -0.3 is 9.47 Å². The maximum Gasteiger partial charge on any atom is 0.332 e. The molecule has 0 fully saturated rings. The molecule has 0 radical (unpaired) electrons. The van der Waals surface area contributed by atoms with Gasteiger partial charge in [0.1, 0.15) is 0 Å². The molecule has 1 aliphatic rings. The standard InChI is InChI=1S/C21H26ClN5O2/c1-3-10-26-18-17(19(28)27(11-4-2)21(26)29)25-13-5-12-24(20(25)23-18)14-15-6-8-16(22)9-7-15/h6-9H,3-5,10-14H2,1-2H3. The maximum absolute atomic E-state index is 13.2. The minimum absolute atomic E-state index is 0.230. The van der Waals surface area contributed by atoms with Crippen LogP contribution in [0.5, 0.6) is 0 Å². The van der Waals surface area contributed by atoms with Gasteiger partial charge >= 0.3 is 5.69 Å². The average molecular weight is 416 g/mol. The first-order valence-corrected chi connectivity index (χ1v) is 10.7. The summed E-state index contributed by atoms with van der Waals surface area (Å²) in [5, 5.41) is 0.708. The Morgan fingerprint density at radius 1 is 1.00 bits per heavy atom. The van der Waals surface area contributed by atoms with E-state index in [9.17, 15) is 9.59 Å². The lowest BCUT2D eigenvalue weighted by molar-refractivity contribution is 0.546. The number of nitrogens with zero attached hydrogens (tertiary/aromatic N) is 5. The lowest BCUT2D eigenvalue weighted by Gasteiger charge is -2.29. The van der Waals surface area contributed by atoms with Crippen molar-refractivity contribution in [2.45, 2.75) is 59.3 Å². The summed E-state index contributed by atoms with van der Waals surface area (Å²) < 4.78 is 5.03. The topological polar surface area (TPSA) is 65.1 Å². The van der Waals surface area contributed by atoms with E-state index in [-0.39, 0.29) is 11.2 Å². The number of hydrogen-bond acceptors (Lipinski definition) is 4. The molecule has 1 aromatic carbocycles. The summed E-state index contributed by atoms with van der Waals surface area (Å²) in [7, 11) is 0. The van der Waals surface area contributed by atoms with Gasteiger partial charge in [-0.3, -0.25) is 13.9 Å². The summed E-state index contributed by atoms with van der Waals surface area (Å²) >= 11 is 6.01. The molecule has 0 atom stereocenters. The highest BCUT2D eigenvalue weighted by Gasteiger charge is 2.26. The molecule has 0 bridgehead atoms. The van der Waals surface area contributed by atoms with Crippen molar-refractivity contribution in [3.05, 3.63) is 55.7 Å². The zero-order valence-electron chi connectivity index (χ0n) is 16.9. The molecule has 0 saturated heterocycles. The van der Waals surface area contributed by atoms with Crippen LogP contribution < -0.4 is 16.1 Å². The van der Waals surface area contributed by atoms with Crippen LogP contribution in [0.2, 0.25) is 5.02 Å². The number of aromatic nitrogens is 4. The average Bonchev–Trinajstić information content (AvgIpc) is 3.11. The first-order chi connectivity index (χ1) is 14.0. The molecule has 154 valence electrons. The lowest BCUT2D eigenvalue weighted by Crippen LogP contribution is -2.41. The predicted octanol–water partition coefficient (Wildman–Crippen LogP) is 3.24. The first-order valence-electron chi connectivity index (χ1n) is 10.3. The van der Waals surface area contributed by atoms with E-state index in [0.717, 1.165) is 43.9 Å². The van der Waals surface area contributed by atoms with Gasteiger partial charge in [0.25, 0.3) is 5.56 Å². The minimum atomic E-state index is -0.258. The number of aryl methyl sites for hydroxylation is 2. The van der Waals surface area contributed by atoms with Crippen molar-refractivity contribution >= 4 is 28.7 Å². The van der Waals surface area contributed by atoms with Crippen LogP contribution in [0, 0.1) is 0 Å². The Labute approximate surface area is 174 Å². The Bertz CT molecular complexity index is 1140. The van der Waals surface area contributed by atoms with Gasteiger partial charge in [0.15, 0.2) is 11.2 Å². The second kappa shape index (κ2) is 8.06.